The first-order valence-electron chi connectivity index (χ1n) is 7.11. The van der Waals surface area contributed by atoms with Gasteiger partial charge in [-0.3, -0.25) is 9.78 Å². The van der Waals surface area contributed by atoms with Crippen LogP contribution in [0.4, 0.5) is 0 Å². The zero-order valence-corrected chi connectivity index (χ0v) is 12.8. The van der Waals surface area contributed by atoms with Gasteiger partial charge in [0.05, 0.1) is 5.75 Å². The van der Waals surface area contributed by atoms with Crippen LogP contribution >= 0.6 is 11.8 Å². The number of aromatic nitrogens is 1. The Morgan fingerprint density at radius 1 is 1.24 bits per heavy atom. The SMILES string of the molecule is Cc1ccc(C2SCC(=O)N2CCc2ccccn2)cc1. The van der Waals surface area contributed by atoms with Crippen LogP contribution in [0.1, 0.15) is 22.2 Å². The van der Waals surface area contributed by atoms with Crippen molar-refractivity contribution in [3.05, 3.63) is 65.5 Å². The van der Waals surface area contributed by atoms with Crippen LogP contribution in [0, 0.1) is 6.92 Å². The summed E-state index contributed by atoms with van der Waals surface area (Å²) in [5.74, 6) is 0.794. The Hall–Kier alpha value is -1.81. The van der Waals surface area contributed by atoms with Gasteiger partial charge < -0.3 is 4.90 Å². The second kappa shape index (κ2) is 6.31. The predicted octanol–water partition coefficient (Wildman–Crippen LogP) is 3.21. The van der Waals surface area contributed by atoms with Crippen LogP contribution in [0.25, 0.3) is 0 Å². The van der Waals surface area contributed by atoms with Crippen molar-refractivity contribution in [2.45, 2.75) is 18.7 Å². The van der Waals surface area contributed by atoms with Crippen molar-refractivity contribution < 1.29 is 4.79 Å². The van der Waals surface area contributed by atoms with E-state index in [1.807, 2.05) is 23.1 Å². The summed E-state index contributed by atoms with van der Waals surface area (Å²) in [6.07, 6.45) is 2.60. The normalized spacial score (nSPS) is 18.2. The molecule has 1 aromatic heterocycles. The summed E-state index contributed by atoms with van der Waals surface area (Å²) in [6, 6.07) is 14.4. The minimum Gasteiger partial charge on any atom is -0.325 e. The van der Waals surface area contributed by atoms with Crippen LogP contribution in [0.2, 0.25) is 0 Å². The van der Waals surface area contributed by atoms with Crippen LogP contribution in [-0.2, 0) is 11.2 Å². The number of hydrogen-bond acceptors (Lipinski definition) is 3. The third-order valence-electron chi connectivity index (χ3n) is 3.67. The Balaban J connectivity index is 1.72. The van der Waals surface area contributed by atoms with Crippen molar-refractivity contribution >= 4 is 17.7 Å². The zero-order valence-electron chi connectivity index (χ0n) is 12.0. The Labute approximate surface area is 129 Å². The molecule has 1 aliphatic rings. The van der Waals surface area contributed by atoms with Gasteiger partial charge in [-0.15, -0.1) is 11.8 Å². The predicted molar refractivity (Wildman–Crippen MR) is 86.0 cm³/mol. The fraction of sp³-hybridized carbons (Fsp3) is 0.294. The molecule has 3 nitrogen and oxygen atoms in total. The van der Waals surface area contributed by atoms with Crippen LogP contribution in [0.15, 0.2) is 48.7 Å². The average Bonchev–Trinajstić information content (AvgIpc) is 2.88. The second-order valence-electron chi connectivity index (χ2n) is 5.23. The first-order valence-corrected chi connectivity index (χ1v) is 8.16. The van der Waals surface area contributed by atoms with Crippen LogP contribution in [0.5, 0.6) is 0 Å². The molecule has 108 valence electrons. The molecule has 21 heavy (non-hydrogen) atoms. The van der Waals surface area contributed by atoms with Gasteiger partial charge >= 0.3 is 0 Å². The summed E-state index contributed by atoms with van der Waals surface area (Å²) in [7, 11) is 0. The lowest BCUT2D eigenvalue weighted by Gasteiger charge is -2.24. The number of aryl methyl sites for hydroxylation is 1. The summed E-state index contributed by atoms with van der Waals surface area (Å²) in [5.41, 5.74) is 3.48. The summed E-state index contributed by atoms with van der Waals surface area (Å²) >= 11 is 1.71. The first kappa shape index (κ1) is 14.1. The third kappa shape index (κ3) is 3.27. The second-order valence-corrected chi connectivity index (χ2v) is 6.30. The van der Waals surface area contributed by atoms with Gasteiger partial charge in [0.15, 0.2) is 0 Å². The van der Waals surface area contributed by atoms with E-state index in [9.17, 15) is 4.79 Å². The summed E-state index contributed by atoms with van der Waals surface area (Å²) in [5, 5.41) is 0.141. The molecule has 2 heterocycles. The number of carbonyl (C=O) groups is 1. The number of amides is 1. The Morgan fingerprint density at radius 2 is 2.05 bits per heavy atom. The van der Waals surface area contributed by atoms with Crippen LogP contribution in [0.3, 0.4) is 0 Å². The van der Waals surface area contributed by atoms with Crippen molar-refractivity contribution in [1.82, 2.24) is 9.88 Å². The van der Waals surface area contributed by atoms with E-state index in [0.717, 1.165) is 18.7 Å². The number of nitrogens with zero attached hydrogens (tertiary/aromatic N) is 2. The molecule has 1 aromatic carbocycles. The van der Waals surface area contributed by atoms with Crippen LogP contribution < -0.4 is 0 Å². The number of thioether (sulfide) groups is 1. The van der Waals surface area contributed by atoms with Gasteiger partial charge in [0, 0.05) is 24.9 Å². The van der Waals surface area contributed by atoms with Crippen molar-refractivity contribution in [3.8, 4) is 0 Å². The maximum atomic E-state index is 12.1. The fourth-order valence-corrected chi connectivity index (χ4v) is 3.70. The third-order valence-corrected chi connectivity index (χ3v) is 4.92. The van der Waals surface area contributed by atoms with Gasteiger partial charge in [-0.05, 0) is 24.6 Å². The molecular weight excluding hydrogens is 280 g/mol. The maximum absolute atomic E-state index is 12.1. The van der Waals surface area contributed by atoms with Gasteiger partial charge in [-0.25, -0.2) is 0 Å². The Bertz CT molecular complexity index is 612. The van der Waals surface area contributed by atoms with Crippen molar-refractivity contribution in [2.24, 2.45) is 0 Å². The molecule has 1 fully saturated rings. The van der Waals surface area contributed by atoms with E-state index in [0.29, 0.717) is 5.75 Å². The lowest BCUT2D eigenvalue weighted by molar-refractivity contribution is -0.128. The number of benzene rings is 1. The monoisotopic (exact) mass is 298 g/mol. The summed E-state index contributed by atoms with van der Waals surface area (Å²) in [4.78, 5) is 18.4. The Morgan fingerprint density at radius 3 is 2.76 bits per heavy atom. The highest BCUT2D eigenvalue weighted by molar-refractivity contribution is 8.00. The van der Waals surface area contributed by atoms with Gasteiger partial charge in [0.2, 0.25) is 5.91 Å². The number of carbonyl (C=O) groups excluding carboxylic acids is 1. The molecule has 0 saturated carbocycles. The van der Waals surface area contributed by atoms with Gasteiger partial charge in [0.1, 0.15) is 5.37 Å². The van der Waals surface area contributed by atoms with Crippen molar-refractivity contribution in [2.75, 3.05) is 12.3 Å². The van der Waals surface area contributed by atoms with E-state index in [1.165, 1.54) is 11.1 Å². The largest absolute Gasteiger partial charge is 0.325 e. The highest BCUT2D eigenvalue weighted by Gasteiger charge is 2.32. The van der Waals surface area contributed by atoms with Gasteiger partial charge in [-0.1, -0.05) is 35.9 Å². The minimum absolute atomic E-state index is 0.141. The van der Waals surface area contributed by atoms with E-state index in [-0.39, 0.29) is 11.3 Å². The topological polar surface area (TPSA) is 33.2 Å². The molecule has 1 aliphatic heterocycles. The van der Waals surface area contributed by atoms with E-state index in [1.54, 1.807) is 18.0 Å². The molecule has 0 aliphatic carbocycles. The smallest absolute Gasteiger partial charge is 0.233 e. The molecule has 1 saturated heterocycles. The van der Waals surface area contributed by atoms with Crippen molar-refractivity contribution in [1.29, 1.82) is 0 Å². The average molecular weight is 298 g/mol. The quantitative estimate of drug-likeness (QED) is 0.869. The molecule has 2 aromatic rings. The molecule has 3 rings (SSSR count). The number of hydrogen-bond donors (Lipinski definition) is 0. The molecule has 1 atom stereocenters. The zero-order chi connectivity index (χ0) is 14.7. The molecule has 1 amide bonds. The maximum Gasteiger partial charge on any atom is 0.233 e. The lowest BCUT2D eigenvalue weighted by atomic mass is 10.1. The standard InChI is InChI=1S/C17H18N2OS/c1-13-5-7-14(8-6-13)17-19(16(20)12-21-17)11-9-15-4-2-3-10-18-15/h2-8,10,17H,9,11-12H2,1H3. The molecule has 0 spiro atoms. The van der Waals surface area contributed by atoms with Crippen LogP contribution in [-0.4, -0.2) is 28.1 Å². The summed E-state index contributed by atoms with van der Waals surface area (Å²) < 4.78 is 0. The van der Waals surface area contributed by atoms with Gasteiger partial charge in [0.25, 0.3) is 0 Å². The summed E-state index contributed by atoms with van der Waals surface area (Å²) in [6.45, 7) is 2.80. The highest BCUT2D eigenvalue weighted by Crippen LogP contribution is 2.38. The number of pyridine rings is 1. The molecule has 4 heteroatoms. The lowest BCUT2D eigenvalue weighted by Crippen LogP contribution is -2.30. The van der Waals surface area contributed by atoms with Gasteiger partial charge in [-0.2, -0.15) is 0 Å². The van der Waals surface area contributed by atoms with E-state index >= 15 is 0 Å². The minimum atomic E-state index is 0.141. The molecule has 0 bridgehead atoms. The van der Waals surface area contributed by atoms with E-state index in [2.05, 4.69) is 36.2 Å². The highest BCUT2D eigenvalue weighted by atomic mass is 32.2. The first-order chi connectivity index (χ1) is 10.2. The molecular formula is C17H18N2OS. The molecule has 1 unspecified atom stereocenters. The molecule has 0 radical (unpaired) electrons. The van der Waals surface area contributed by atoms with Crippen molar-refractivity contribution in [3.63, 3.8) is 0 Å². The number of rotatable bonds is 4. The van der Waals surface area contributed by atoms with E-state index in [4.69, 9.17) is 0 Å². The molecule has 0 N–H and O–H groups in total. The van der Waals surface area contributed by atoms with E-state index < -0.39 is 0 Å². The fourth-order valence-electron chi connectivity index (χ4n) is 2.48. The Kier molecular flexibility index (Phi) is 4.25.